The lowest BCUT2D eigenvalue weighted by Gasteiger charge is -2.27. The first kappa shape index (κ1) is 13.3. The Bertz CT molecular complexity index is 409. The van der Waals surface area contributed by atoms with E-state index in [9.17, 15) is 9.90 Å². The maximum absolute atomic E-state index is 11.3. The standard InChI is InChI=1S/C11H13Cl2NO2/c1-3-14-11(2,10(15)16)8-5-4-7(12)6-9(8)13/h4-6,14H,3H2,1-2H3,(H,15,16)/t11-/m1/s1. The summed E-state index contributed by atoms with van der Waals surface area (Å²) in [5.74, 6) is -0.974. The summed E-state index contributed by atoms with van der Waals surface area (Å²) in [5.41, 5.74) is -0.691. The Morgan fingerprint density at radius 3 is 2.56 bits per heavy atom. The van der Waals surface area contributed by atoms with Crippen LogP contribution in [0.5, 0.6) is 0 Å². The molecule has 0 unspecified atom stereocenters. The minimum Gasteiger partial charge on any atom is -0.480 e. The van der Waals surface area contributed by atoms with Gasteiger partial charge in [-0.2, -0.15) is 0 Å². The molecule has 2 N–H and O–H groups in total. The zero-order chi connectivity index (χ0) is 12.3. The summed E-state index contributed by atoms with van der Waals surface area (Å²) in [6, 6.07) is 4.79. The van der Waals surface area contributed by atoms with Gasteiger partial charge in [0, 0.05) is 15.6 Å². The number of aliphatic carboxylic acids is 1. The lowest BCUT2D eigenvalue weighted by molar-refractivity contribution is -0.144. The van der Waals surface area contributed by atoms with E-state index in [1.807, 2.05) is 6.92 Å². The molecule has 0 aliphatic heterocycles. The highest BCUT2D eigenvalue weighted by atomic mass is 35.5. The van der Waals surface area contributed by atoms with Crippen LogP contribution in [0.25, 0.3) is 0 Å². The number of benzene rings is 1. The van der Waals surface area contributed by atoms with E-state index in [1.165, 1.54) is 6.07 Å². The summed E-state index contributed by atoms with van der Waals surface area (Å²) < 4.78 is 0. The van der Waals surface area contributed by atoms with Gasteiger partial charge < -0.3 is 5.11 Å². The van der Waals surface area contributed by atoms with Crippen molar-refractivity contribution in [3.8, 4) is 0 Å². The predicted molar refractivity (Wildman–Crippen MR) is 65.1 cm³/mol. The van der Waals surface area contributed by atoms with Gasteiger partial charge in [0.15, 0.2) is 0 Å². The Hall–Kier alpha value is -0.770. The lowest BCUT2D eigenvalue weighted by Crippen LogP contribution is -2.46. The number of rotatable bonds is 4. The number of halogens is 2. The van der Waals surface area contributed by atoms with Crippen LogP contribution in [-0.4, -0.2) is 17.6 Å². The summed E-state index contributed by atoms with van der Waals surface area (Å²) in [4.78, 5) is 11.3. The van der Waals surface area contributed by atoms with Gasteiger partial charge in [0.2, 0.25) is 0 Å². The molecule has 0 radical (unpaired) electrons. The minimum atomic E-state index is -1.20. The molecule has 1 atom stereocenters. The van der Waals surface area contributed by atoms with Gasteiger partial charge in [0.1, 0.15) is 5.54 Å². The van der Waals surface area contributed by atoms with E-state index >= 15 is 0 Å². The summed E-state index contributed by atoms with van der Waals surface area (Å²) >= 11 is 11.8. The third kappa shape index (κ3) is 2.48. The molecule has 0 saturated heterocycles. The molecule has 5 heteroatoms. The first-order valence-electron chi connectivity index (χ1n) is 4.85. The minimum absolute atomic E-state index is 0.346. The molecule has 1 aromatic rings. The van der Waals surface area contributed by atoms with Crippen molar-refractivity contribution in [1.82, 2.24) is 5.32 Å². The van der Waals surface area contributed by atoms with E-state index in [0.29, 0.717) is 22.2 Å². The highest BCUT2D eigenvalue weighted by molar-refractivity contribution is 6.35. The van der Waals surface area contributed by atoms with Crippen molar-refractivity contribution in [2.75, 3.05) is 6.54 Å². The molecule has 0 heterocycles. The summed E-state index contributed by atoms with van der Waals surface area (Å²) in [7, 11) is 0. The van der Waals surface area contributed by atoms with Crippen LogP contribution < -0.4 is 5.32 Å². The Kier molecular flexibility index (Phi) is 4.19. The SMILES string of the molecule is CCN[C@@](C)(C(=O)O)c1ccc(Cl)cc1Cl. The number of nitrogens with one attached hydrogen (secondary N) is 1. The van der Waals surface area contributed by atoms with Gasteiger partial charge >= 0.3 is 5.97 Å². The molecular weight excluding hydrogens is 249 g/mol. The van der Waals surface area contributed by atoms with Crippen LogP contribution >= 0.6 is 23.2 Å². The maximum atomic E-state index is 11.3. The molecule has 1 rings (SSSR count). The quantitative estimate of drug-likeness (QED) is 0.877. The van der Waals surface area contributed by atoms with Gasteiger partial charge in [0.25, 0.3) is 0 Å². The molecule has 0 amide bonds. The first-order valence-corrected chi connectivity index (χ1v) is 5.61. The second-order valence-electron chi connectivity index (χ2n) is 3.58. The monoisotopic (exact) mass is 261 g/mol. The Balaban J connectivity index is 3.26. The number of carbonyl (C=O) groups is 1. The molecule has 0 saturated carbocycles. The highest BCUT2D eigenvalue weighted by Crippen LogP contribution is 2.30. The Morgan fingerprint density at radius 1 is 1.50 bits per heavy atom. The number of hydrogen-bond donors (Lipinski definition) is 2. The molecule has 16 heavy (non-hydrogen) atoms. The predicted octanol–water partition coefficient (Wildman–Crippen LogP) is 2.90. The molecule has 0 bridgehead atoms. The van der Waals surface area contributed by atoms with E-state index in [2.05, 4.69) is 5.32 Å². The van der Waals surface area contributed by atoms with Crippen molar-refractivity contribution in [3.05, 3.63) is 33.8 Å². The normalized spacial score (nSPS) is 14.5. The van der Waals surface area contributed by atoms with Crippen LogP contribution in [0.4, 0.5) is 0 Å². The lowest BCUT2D eigenvalue weighted by atomic mass is 9.92. The average molecular weight is 262 g/mol. The van der Waals surface area contributed by atoms with Gasteiger partial charge in [0.05, 0.1) is 0 Å². The zero-order valence-corrected chi connectivity index (χ0v) is 10.6. The van der Waals surface area contributed by atoms with E-state index in [-0.39, 0.29) is 0 Å². The summed E-state index contributed by atoms with van der Waals surface area (Å²) in [5, 5.41) is 13.0. The molecule has 0 aliphatic carbocycles. The van der Waals surface area contributed by atoms with Gasteiger partial charge in [-0.25, -0.2) is 4.79 Å². The van der Waals surface area contributed by atoms with Crippen LogP contribution in [0, 0.1) is 0 Å². The van der Waals surface area contributed by atoms with Gasteiger partial charge in [-0.05, 0) is 25.6 Å². The van der Waals surface area contributed by atoms with Crippen molar-refractivity contribution < 1.29 is 9.90 Å². The van der Waals surface area contributed by atoms with Crippen molar-refractivity contribution in [1.29, 1.82) is 0 Å². The fraction of sp³-hybridized carbons (Fsp3) is 0.364. The van der Waals surface area contributed by atoms with Crippen molar-refractivity contribution in [3.63, 3.8) is 0 Å². The van der Waals surface area contributed by atoms with Crippen molar-refractivity contribution in [2.24, 2.45) is 0 Å². The largest absolute Gasteiger partial charge is 0.480 e. The van der Waals surface area contributed by atoms with Gasteiger partial charge in [-0.3, -0.25) is 5.32 Å². The molecular formula is C11H13Cl2NO2. The second kappa shape index (κ2) is 5.04. The zero-order valence-electron chi connectivity index (χ0n) is 9.05. The molecule has 0 aromatic heterocycles. The molecule has 88 valence electrons. The molecule has 3 nitrogen and oxygen atoms in total. The van der Waals surface area contributed by atoms with Crippen LogP contribution in [-0.2, 0) is 10.3 Å². The first-order chi connectivity index (χ1) is 7.41. The van der Waals surface area contributed by atoms with Crippen molar-refractivity contribution in [2.45, 2.75) is 19.4 Å². The fourth-order valence-corrected chi connectivity index (χ4v) is 2.13. The topological polar surface area (TPSA) is 49.3 Å². The molecule has 0 fully saturated rings. The smallest absolute Gasteiger partial charge is 0.328 e. The number of carboxylic acids is 1. The summed E-state index contributed by atoms with van der Waals surface area (Å²) in [6.07, 6.45) is 0. The van der Waals surface area contributed by atoms with Crippen LogP contribution in [0.2, 0.25) is 10.0 Å². The van der Waals surface area contributed by atoms with E-state index < -0.39 is 11.5 Å². The Labute approximate surface area is 104 Å². The molecule has 1 aromatic carbocycles. The van der Waals surface area contributed by atoms with E-state index in [1.54, 1.807) is 19.1 Å². The fourth-order valence-electron chi connectivity index (χ4n) is 1.53. The third-order valence-electron chi connectivity index (χ3n) is 2.43. The van der Waals surface area contributed by atoms with Gasteiger partial charge in [-0.1, -0.05) is 36.2 Å². The summed E-state index contributed by atoms with van der Waals surface area (Å²) in [6.45, 7) is 3.95. The molecule has 0 aliphatic rings. The Morgan fingerprint density at radius 2 is 2.12 bits per heavy atom. The maximum Gasteiger partial charge on any atom is 0.328 e. The molecule has 0 spiro atoms. The van der Waals surface area contributed by atoms with Crippen LogP contribution in [0.3, 0.4) is 0 Å². The van der Waals surface area contributed by atoms with E-state index in [0.717, 1.165) is 0 Å². The van der Waals surface area contributed by atoms with E-state index in [4.69, 9.17) is 23.2 Å². The van der Waals surface area contributed by atoms with Gasteiger partial charge in [-0.15, -0.1) is 0 Å². The second-order valence-corrected chi connectivity index (χ2v) is 4.43. The number of hydrogen-bond acceptors (Lipinski definition) is 2. The number of carboxylic acid groups (broad SMARTS) is 1. The van der Waals surface area contributed by atoms with Crippen LogP contribution in [0.15, 0.2) is 18.2 Å². The van der Waals surface area contributed by atoms with Crippen molar-refractivity contribution >= 4 is 29.2 Å². The van der Waals surface area contributed by atoms with Crippen LogP contribution in [0.1, 0.15) is 19.4 Å². The third-order valence-corrected chi connectivity index (χ3v) is 2.98. The number of likely N-dealkylation sites (N-methyl/N-ethyl adjacent to an activating group) is 1. The highest BCUT2D eigenvalue weighted by Gasteiger charge is 2.35. The average Bonchev–Trinajstić information content (AvgIpc) is 2.17.